The van der Waals surface area contributed by atoms with Gasteiger partial charge in [-0.05, 0) is 29.3 Å². The number of nitrogens with zero attached hydrogens (tertiary/aromatic N) is 1. The molecule has 0 unspecified atom stereocenters. The van der Waals surface area contributed by atoms with Crippen molar-refractivity contribution in [3.8, 4) is 11.1 Å². The van der Waals surface area contributed by atoms with Gasteiger partial charge in [0, 0.05) is 11.2 Å². The second-order valence-electron chi connectivity index (χ2n) is 2.93. The van der Waals surface area contributed by atoms with E-state index in [2.05, 4.69) is 9.97 Å². The molecule has 0 atom stereocenters. The standard InChI is InChI=1S/C10H6Cl2N2O/c11-7-3-1-2-6(4-7)8-5-13-10(12)14-9(8)15/h1-5H,(H,13,14,15). The van der Waals surface area contributed by atoms with Crippen molar-refractivity contribution >= 4 is 23.2 Å². The van der Waals surface area contributed by atoms with Crippen LogP contribution in [-0.2, 0) is 0 Å². The zero-order chi connectivity index (χ0) is 10.8. The lowest BCUT2D eigenvalue weighted by atomic mass is 10.1. The molecule has 5 heteroatoms. The molecule has 2 rings (SSSR count). The average Bonchev–Trinajstić information content (AvgIpc) is 2.17. The first kappa shape index (κ1) is 10.2. The largest absolute Gasteiger partial charge is 0.297 e. The van der Waals surface area contributed by atoms with Gasteiger partial charge in [0.05, 0.1) is 5.56 Å². The summed E-state index contributed by atoms with van der Waals surface area (Å²) in [6, 6.07) is 6.99. The second kappa shape index (κ2) is 4.04. The Balaban J connectivity index is 2.59. The summed E-state index contributed by atoms with van der Waals surface area (Å²) in [5.74, 6) is 0. The Hall–Kier alpha value is -1.32. The van der Waals surface area contributed by atoms with E-state index in [1.165, 1.54) is 6.20 Å². The van der Waals surface area contributed by atoms with Gasteiger partial charge in [-0.15, -0.1) is 0 Å². The topological polar surface area (TPSA) is 45.8 Å². The van der Waals surface area contributed by atoms with Crippen LogP contribution in [-0.4, -0.2) is 9.97 Å². The van der Waals surface area contributed by atoms with Crippen molar-refractivity contribution in [2.75, 3.05) is 0 Å². The summed E-state index contributed by atoms with van der Waals surface area (Å²) >= 11 is 11.4. The van der Waals surface area contributed by atoms with E-state index in [1.54, 1.807) is 24.3 Å². The fraction of sp³-hybridized carbons (Fsp3) is 0. The summed E-state index contributed by atoms with van der Waals surface area (Å²) in [6.07, 6.45) is 1.42. The van der Waals surface area contributed by atoms with Gasteiger partial charge in [0.1, 0.15) is 0 Å². The molecule has 1 heterocycles. The number of hydrogen-bond donors (Lipinski definition) is 1. The normalized spacial score (nSPS) is 10.3. The van der Waals surface area contributed by atoms with Crippen molar-refractivity contribution < 1.29 is 0 Å². The predicted molar refractivity (Wildman–Crippen MR) is 60.3 cm³/mol. The summed E-state index contributed by atoms with van der Waals surface area (Å²) in [5.41, 5.74) is 0.882. The lowest BCUT2D eigenvalue weighted by Crippen LogP contribution is -2.09. The van der Waals surface area contributed by atoms with E-state index < -0.39 is 0 Å². The minimum absolute atomic E-state index is 0.0748. The fourth-order valence-corrected chi connectivity index (χ4v) is 1.56. The highest BCUT2D eigenvalue weighted by atomic mass is 35.5. The Labute approximate surface area is 95.7 Å². The molecule has 0 saturated carbocycles. The smallest absolute Gasteiger partial charge is 0.259 e. The van der Waals surface area contributed by atoms with Crippen LogP contribution in [0.4, 0.5) is 0 Å². The van der Waals surface area contributed by atoms with E-state index in [0.29, 0.717) is 16.1 Å². The van der Waals surface area contributed by atoms with Crippen molar-refractivity contribution in [3.63, 3.8) is 0 Å². The van der Waals surface area contributed by atoms with E-state index in [4.69, 9.17) is 23.2 Å². The number of benzene rings is 1. The third kappa shape index (κ3) is 2.19. The van der Waals surface area contributed by atoms with E-state index in [0.717, 1.165) is 0 Å². The maximum atomic E-state index is 11.5. The maximum Gasteiger partial charge on any atom is 0.259 e. The molecule has 0 amide bonds. The van der Waals surface area contributed by atoms with Gasteiger partial charge in [-0.2, -0.15) is 0 Å². The Morgan fingerprint density at radius 1 is 1.27 bits per heavy atom. The minimum Gasteiger partial charge on any atom is -0.297 e. The molecular formula is C10H6Cl2N2O. The molecule has 0 aliphatic heterocycles. The zero-order valence-electron chi connectivity index (χ0n) is 7.50. The van der Waals surface area contributed by atoms with Crippen LogP contribution in [0.3, 0.4) is 0 Å². The first-order valence-electron chi connectivity index (χ1n) is 4.17. The highest BCUT2D eigenvalue weighted by Gasteiger charge is 2.04. The van der Waals surface area contributed by atoms with Crippen LogP contribution in [0.15, 0.2) is 35.3 Å². The number of aromatic amines is 1. The number of hydrogen-bond acceptors (Lipinski definition) is 2. The second-order valence-corrected chi connectivity index (χ2v) is 3.72. The molecule has 0 spiro atoms. The van der Waals surface area contributed by atoms with Crippen molar-refractivity contribution in [1.29, 1.82) is 0 Å². The molecule has 76 valence electrons. The van der Waals surface area contributed by atoms with Crippen LogP contribution in [0.2, 0.25) is 10.3 Å². The number of halogens is 2. The molecule has 3 nitrogen and oxygen atoms in total. The van der Waals surface area contributed by atoms with Crippen molar-refractivity contribution in [1.82, 2.24) is 9.97 Å². The molecule has 1 aromatic heterocycles. The Morgan fingerprint density at radius 2 is 2.07 bits per heavy atom. The van der Waals surface area contributed by atoms with Crippen LogP contribution < -0.4 is 5.56 Å². The maximum absolute atomic E-state index is 11.5. The molecule has 1 N–H and O–H groups in total. The molecular weight excluding hydrogens is 235 g/mol. The molecule has 2 aromatic rings. The van der Waals surface area contributed by atoms with E-state index in [1.807, 2.05) is 0 Å². The molecule has 1 aromatic carbocycles. The summed E-state index contributed by atoms with van der Waals surface area (Å²) in [6.45, 7) is 0. The van der Waals surface area contributed by atoms with Gasteiger partial charge in [-0.1, -0.05) is 23.7 Å². The van der Waals surface area contributed by atoms with Crippen LogP contribution in [0.1, 0.15) is 0 Å². The third-order valence-corrected chi connectivity index (χ3v) is 2.33. The van der Waals surface area contributed by atoms with Gasteiger partial charge in [0.15, 0.2) is 0 Å². The lowest BCUT2D eigenvalue weighted by Gasteiger charge is -2.00. The number of aromatic nitrogens is 2. The van der Waals surface area contributed by atoms with Crippen LogP contribution in [0, 0.1) is 0 Å². The van der Waals surface area contributed by atoms with Crippen LogP contribution in [0.5, 0.6) is 0 Å². The van der Waals surface area contributed by atoms with Crippen LogP contribution in [0.25, 0.3) is 11.1 Å². The first-order valence-corrected chi connectivity index (χ1v) is 4.93. The third-order valence-electron chi connectivity index (χ3n) is 1.90. The van der Waals surface area contributed by atoms with Gasteiger partial charge < -0.3 is 0 Å². The minimum atomic E-state index is -0.280. The molecule has 0 aliphatic carbocycles. The van der Waals surface area contributed by atoms with Crippen LogP contribution >= 0.6 is 23.2 Å². The van der Waals surface area contributed by atoms with Crippen molar-refractivity contribution in [2.45, 2.75) is 0 Å². The Bertz CT molecular complexity index is 551. The molecule has 0 bridgehead atoms. The summed E-state index contributed by atoms with van der Waals surface area (Å²) in [4.78, 5) is 17.8. The number of rotatable bonds is 1. The van der Waals surface area contributed by atoms with Gasteiger partial charge in [0.2, 0.25) is 5.28 Å². The first-order chi connectivity index (χ1) is 7.16. The quantitative estimate of drug-likeness (QED) is 0.780. The van der Waals surface area contributed by atoms with Crippen molar-refractivity contribution in [3.05, 3.63) is 51.1 Å². The average molecular weight is 241 g/mol. The molecule has 0 fully saturated rings. The van der Waals surface area contributed by atoms with E-state index >= 15 is 0 Å². The predicted octanol–water partition coefficient (Wildman–Crippen LogP) is 2.74. The summed E-state index contributed by atoms with van der Waals surface area (Å²) < 4.78 is 0. The molecule has 0 saturated heterocycles. The van der Waals surface area contributed by atoms with Crippen molar-refractivity contribution in [2.24, 2.45) is 0 Å². The molecule has 15 heavy (non-hydrogen) atoms. The highest BCUT2D eigenvalue weighted by molar-refractivity contribution is 6.30. The summed E-state index contributed by atoms with van der Waals surface area (Å²) in [5, 5.41) is 0.646. The molecule has 0 radical (unpaired) electrons. The van der Waals surface area contributed by atoms with E-state index in [9.17, 15) is 4.79 Å². The van der Waals surface area contributed by atoms with Gasteiger partial charge in [0.25, 0.3) is 5.56 Å². The van der Waals surface area contributed by atoms with E-state index in [-0.39, 0.29) is 10.8 Å². The van der Waals surface area contributed by atoms with Gasteiger partial charge in [-0.25, -0.2) is 4.98 Å². The highest BCUT2D eigenvalue weighted by Crippen LogP contribution is 2.19. The van der Waals surface area contributed by atoms with Gasteiger partial charge >= 0.3 is 0 Å². The Kier molecular flexibility index (Phi) is 2.75. The number of nitrogens with one attached hydrogen (secondary N) is 1. The summed E-state index contributed by atoms with van der Waals surface area (Å²) in [7, 11) is 0. The fourth-order valence-electron chi connectivity index (χ4n) is 1.23. The molecule has 0 aliphatic rings. The lowest BCUT2D eigenvalue weighted by molar-refractivity contribution is 1.12. The van der Waals surface area contributed by atoms with Gasteiger partial charge in [-0.3, -0.25) is 9.78 Å². The monoisotopic (exact) mass is 240 g/mol. The number of H-pyrrole nitrogens is 1. The zero-order valence-corrected chi connectivity index (χ0v) is 9.01. The SMILES string of the molecule is O=c1[nH]c(Cl)ncc1-c1cccc(Cl)c1. The Morgan fingerprint density at radius 3 is 2.73 bits per heavy atom.